The number of rotatable bonds is 4. The summed E-state index contributed by atoms with van der Waals surface area (Å²) in [5.41, 5.74) is 0. The maximum Gasteiger partial charge on any atom is 0.306 e. The van der Waals surface area contributed by atoms with E-state index >= 15 is 0 Å². The molecule has 6 atom stereocenters. The zero-order valence-electron chi connectivity index (χ0n) is 12.0. The van der Waals surface area contributed by atoms with Gasteiger partial charge in [-0.3, -0.25) is 14.4 Å². The largest absolute Gasteiger partial charge is 0.459 e. The van der Waals surface area contributed by atoms with Gasteiger partial charge in [-0.25, -0.2) is 0 Å². The van der Waals surface area contributed by atoms with Gasteiger partial charge in [0, 0.05) is 12.3 Å². The fraction of sp³-hybridized carbons (Fsp3) is 0.733. The van der Waals surface area contributed by atoms with E-state index in [1.54, 1.807) is 0 Å². The summed E-state index contributed by atoms with van der Waals surface area (Å²) < 4.78 is 11.2. The third kappa shape index (κ3) is 2.21. The predicted molar refractivity (Wildman–Crippen MR) is 69.2 cm³/mol. The highest BCUT2D eigenvalue weighted by molar-refractivity contribution is 6.09. The molecular weight excluding hydrogens is 276 g/mol. The quantitative estimate of drug-likeness (QED) is 0.553. The number of ketones is 3. The van der Waals surface area contributed by atoms with E-state index in [0.717, 1.165) is 0 Å². The Balaban J connectivity index is 1.69. The maximum atomic E-state index is 11.9. The molecule has 1 aliphatic carbocycles. The molecule has 1 saturated carbocycles. The van der Waals surface area contributed by atoms with E-state index in [9.17, 15) is 19.2 Å². The summed E-state index contributed by atoms with van der Waals surface area (Å²) >= 11 is 0. The SMILES string of the molecule is CC(=O)CCC(=O)O[C@H]1C2OC([C@H]1C)[C@@H]1C(=O)CC(=O)[C@H]21. The van der Waals surface area contributed by atoms with Crippen molar-refractivity contribution in [3.05, 3.63) is 0 Å². The topological polar surface area (TPSA) is 86.7 Å². The molecule has 2 heterocycles. The molecule has 2 bridgehead atoms. The van der Waals surface area contributed by atoms with Crippen LogP contribution >= 0.6 is 0 Å². The molecule has 114 valence electrons. The number of hydrogen-bond donors (Lipinski definition) is 0. The molecule has 0 aromatic rings. The molecule has 0 aromatic carbocycles. The number of fused-ring (bicyclic) bond motifs is 5. The molecule has 0 spiro atoms. The lowest BCUT2D eigenvalue weighted by atomic mass is 9.74. The van der Waals surface area contributed by atoms with Crippen LogP contribution in [0.4, 0.5) is 0 Å². The minimum absolute atomic E-state index is 0.0244. The lowest BCUT2D eigenvalue weighted by molar-refractivity contribution is -0.156. The second kappa shape index (κ2) is 5.02. The van der Waals surface area contributed by atoms with Crippen LogP contribution in [-0.4, -0.2) is 41.6 Å². The van der Waals surface area contributed by atoms with Gasteiger partial charge in [0.25, 0.3) is 0 Å². The second-order valence-corrected chi connectivity index (χ2v) is 6.24. The molecule has 2 unspecified atom stereocenters. The van der Waals surface area contributed by atoms with Crippen LogP contribution in [0.15, 0.2) is 0 Å². The minimum Gasteiger partial charge on any atom is -0.459 e. The Morgan fingerprint density at radius 1 is 1.14 bits per heavy atom. The molecule has 6 nitrogen and oxygen atoms in total. The number of carbonyl (C=O) groups excluding carboxylic acids is 4. The molecule has 21 heavy (non-hydrogen) atoms. The van der Waals surface area contributed by atoms with Gasteiger partial charge in [0.05, 0.1) is 30.8 Å². The van der Waals surface area contributed by atoms with Crippen molar-refractivity contribution in [2.45, 2.75) is 51.4 Å². The monoisotopic (exact) mass is 294 g/mol. The number of carbonyl (C=O) groups is 4. The second-order valence-electron chi connectivity index (χ2n) is 6.24. The zero-order chi connectivity index (χ0) is 15.3. The Hall–Kier alpha value is -1.56. The van der Waals surface area contributed by atoms with Crippen LogP contribution in [-0.2, 0) is 28.7 Å². The molecule has 2 saturated heterocycles. The maximum absolute atomic E-state index is 11.9. The third-order valence-corrected chi connectivity index (χ3v) is 4.81. The first-order chi connectivity index (χ1) is 9.90. The van der Waals surface area contributed by atoms with Gasteiger partial charge in [0.2, 0.25) is 0 Å². The van der Waals surface area contributed by atoms with Crippen molar-refractivity contribution in [2.24, 2.45) is 17.8 Å². The standard InChI is InChI=1S/C15H18O6/c1-6(16)3-4-10(19)20-14-7(2)13-11-8(17)5-9(18)12(11)15(14)21-13/h7,11-15H,3-5H2,1-2H3/t7-,11-,12+,13?,14-,15?/m1/s1. The molecule has 3 fully saturated rings. The van der Waals surface area contributed by atoms with Crippen LogP contribution in [0.3, 0.4) is 0 Å². The van der Waals surface area contributed by atoms with E-state index in [1.165, 1.54) is 6.92 Å². The summed E-state index contributed by atoms with van der Waals surface area (Å²) in [5.74, 6) is -1.59. The van der Waals surface area contributed by atoms with Gasteiger partial charge in [0.15, 0.2) is 0 Å². The molecule has 0 amide bonds. The Morgan fingerprint density at radius 3 is 2.38 bits per heavy atom. The van der Waals surface area contributed by atoms with E-state index in [0.29, 0.717) is 0 Å². The van der Waals surface area contributed by atoms with Gasteiger partial charge < -0.3 is 14.3 Å². The molecule has 3 rings (SSSR count). The Labute approximate surface area is 122 Å². The molecular formula is C15H18O6. The summed E-state index contributed by atoms with van der Waals surface area (Å²) in [5, 5.41) is 0. The zero-order valence-corrected chi connectivity index (χ0v) is 12.0. The number of ether oxygens (including phenoxy) is 2. The first-order valence-corrected chi connectivity index (χ1v) is 7.30. The highest BCUT2D eigenvalue weighted by Crippen LogP contribution is 2.52. The Bertz CT molecular complexity index is 524. The van der Waals surface area contributed by atoms with Crippen molar-refractivity contribution in [1.82, 2.24) is 0 Å². The first kappa shape index (κ1) is 14.4. The normalized spacial score (nSPS) is 40.5. The van der Waals surface area contributed by atoms with Crippen LogP contribution < -0.4 is 0 Å². The number of esters is 1. The van der Waals surface area contributed by atoms with Gasteiger partial charge in [-0.2, -0.15) is 0 Å². The lowest BCUT2D eigenvalue weighted by Gasteiger charge is -2.30. The summed E-state index contributed by atoms with van der Waals surface area (Å²) in [4.78, 5) is 46.5. The average Bonchev–Trinajstić information content (AvgIpc) is 3.02. The highest BCUT2D eigenvalue weighted by Gasteiger charge is 2.66. The first-order valence-electron chi connectivity index (χ1n) is 7.30. The van der Waals surface area contributed by atoms with Crippen molar-refractivity contribution in [3.8, 4) is 0 Å². The number of hydrogen-bond acceptors (Lipinski definition) is 6. The third-order valence-electron chi connectivity index (χ3n) is 4.81. The average molecular weight is 294 g/mol. The smallest absolute Gasteiger partial charge is 0.306 e. The van der Waals surface area contributed by atoms with Crippen molar-refractivity contribution in [2.75, 3.05) is 0 Å². The van der Waals surface area contributed by atoms with E-state index in [2.05, 4.69) is 0 Å². The minimum atomic E-state index is -0.504. The van der Waals surface area contributed by atoms with Gasteiger partial charge in [-0.15, -0.1) is 0 Å². The van der Waals surface area contributed by atoms with Crippen molar-refractivity contribution in [1.29, 1.82) is 0 Å². The Morgan fingerprint density at radius 2 is 1.76 bits per heavy atom. The summed E-state index contributed by atoms with van der Waals surface area (Å²) in [7, 11) is 0. The van der Waals surface area contributed by atoms with Gasteiger partial charge in [-0.1, -0.05) is 6.92 Å². The molecule has 2 aliphatic heterocycles. The summed E-state index contributed by atoms with van der Waals surface area (Å²) in [6.45, 7) is 3.30. The fourth-order valence-corrected chi connectivity index (χ4v) is 3.82. The molecule has 0 aromatic heterocycles. The summed E-state index contributed by atoms with van der Waals surface area (Å²) in [6.07, 6.45) is -1.16. The fourth-order valence-electron chi connectivity index (χ4n) is 3.82. The molecule has 3 aliphatic rings. The molecule has 0 N–H and O–H groups in total. The van der Waals surface area contributed by atoms with E-state index < -0.39 is 24.1 Å². The van der Waals surface area contributed by atoms with E-state index in [1.807, 2.05) is 6.92 Å². The van der Waals surface area contributed by atoms with Crippen LogP contribution in [0.5, 0.6) is 0 Å². The van der Waals surface area contributed by atoms with Crippen molar-refractivity contribution >= 4 is 23.3 Å². The van der Waals surface area contributed by atoms with Crippen LogP contribution in [0.1, 0.15) is 33.1 Å². The highest BCUT2D eigenvalue weighted by atomic mass is 16.6. The predicted octanol–water partition coefficient (Wildman–Crippen LogP) is 0.459. The van der Waals surface area contributed by atoms with Crippen LogP contribution in [0, 0.1) is 17.8 Å². The van der Waals surface area contributed by atoms with Gasteiger partial charge in [-0.05, 0) is 6.92 Å². The van der Waals surface area contributed by atoms with Crippen LogP contribution in [0.25, 0.3) is 0 Å². The summed E-state index contributed by atoms with van der Waals surface area (Å²) in [6, 6.07) is 0. The van der Waals surface area contributed by atoms with Gasteiger partial charge in [0.1, 0.15) is 29.6 Å². The lowest BCUT2D eigenvalue weighted by Crippen LogP contribution is -2.45. The van der Waals surface area contributed by atoms with Crippen molar-refractivity contribution in [3.63, 3.8) is 0 Å². The van der Waals surface area contributed by atoms with Crippen LogP contribution in [0.2, 0.25) is 0 Å². The Kier molecular flexibility index (Phi) is 3.43. The van der Waals surface area contributed by atoms with E-state index in [-0.39, 0.29) is 54.6 Å². The van der Waals surface area contributed by atoms with Crippen molar-refractivity contribution < 1.29 is 28.7 Å². The van der Waals surface area contributed by atoms with Gasteiger partial charge >= 0.3 is 5.97 Å². The van der Waals surface area contributed by atoms with E-state index in [4.69, 9.17) is 9.47 Å². The molecule has 6 heteroatoms. The number of Topliss-reactive ketones (excluding diaryl/α,β-unsaturated/α-hetero) is 3. The molecule has 0 radical (unpaired) electrons.